The van der Waals surface area contributed by atoms with E-state index < -0.39 is 53.3 Å². The normalized spacial score (nSPS) is 11.9. The first-order valence-corrected chi connectivity index (χ1v) is 25.7. The van der Waals surface area contributed by atoms with Gasteiger partial charge in [0.15, 0.2) is 5.75 Å². The van der Waals surface area contributed by atoms with Crippen LogP contribution in [0.4, 0.5) is 34.1 Å². The summed E-state index contributed by atoms with van der Waals surface area (Å²) in [5.74, 6) is -1.61. The van der Waals surface area contributed by atoms with Crippen LogP contribution in [0.5, 0.6) is 23.0 Å². The quantitative estimate of drug-likeness (QED) is 0.0260. The van der Waals surface area contributed by atoms with Crippen molar-refractivity contribution in [2.24, 2.45) is 25.4 Å². The van der Waals surface area contributed by atoms with Crippen molar-refractivity contribution < 1.29 is 55.5 Å². The summed E-state index contributed by atoms with van der Waals surface area (Å²) in [4.78, 5) is 16.2. The van der Waals surface area contributed by atoms with Crippen LogP contribution in [0.3, 0.4) is 0 Å². The van der Waals surface area contributed by atoms with Gasteiger partial charge >= 0.3 is 37.7 Å². The summed E-state index contributed by atoms with van der Waals surface area (Å²) in [5.41, 5.74) is 0.0907. The number of rotatable bonds is 14. The monoisotopic (exact) mass is 1120 g/mol. The van der Waals surface area contributed by atoms with Crippen LogP contribution < -0.4 is 25.0 Å². The molecule has 0 radical (unpaired) electrons. The summed E-state index contributed by atoms with van der Waals surface area (Å²) in [7, 11) is -6.42. The van der Waals surface area contributed by atoms with Gasteiger partial charge in [-0.2, -0.15) is 21.9 Å². The van der Waals surface area contributed by atoms with Crippen molar-refractivity contribution in [3.63, 3.8) is 0 Å². The van der Waals surface area contributed by atoms with Gasteiger partial charge in [-0.15, -0.1) is 15.3 Å². The number of fused-ring (bicyclic) bond motifs is 2. The molecule has 8 rings (SSSR count). The van der Waals surface area contributed by atoms with Crippen molar-refractivity contribution in [1.82, 2.24) is 0 Å². The minimum absolute atomic E-state index is 0. The van der Waals surface area contributed by atoms with Crippen LogP contribution in [-0.4, -0.2) is 94.8 Å². The van der Waals surface area contributed by atoms with Crippen LogP contribution in [0.15, 0.2) is 169 Å². The summed E-state index contributed by atoms with van der Waals surface area (Å²) in [5, 5.41) is 58.1. The van der Waals surface area contributed by atoms with Crippen molar-refractivity contribution >= 4 is 149 Å². The van der Waals surface area contributed by atoms with E-state index in [0.717, 1.165) is 0 Å². The van der Waals surface area contributed by atoms with Crippen molar-refractivity contribution in [2.45, 2.75) is 36.5 Å². The molecule has 0 fully saturated rings. The predicted octanol–water partition coefficient (Wildman–Crippen LogP) is 11.5. The molecule has 0 atom stereocenters. The summed E-state index contributed by atoms with van der Waals surface area (Å²) >= 11 is 12.4. The van der Waals surface area contributed by atoms with E-state index in [0.29, 0.717) is 50.0 Å². The molecule has 0 aliphatic heterocycles. The molecule has 8 aromatic rings. The number of hydrogen-bond acceptors (Lipinski definition) is 15. The smallest absolute Gasteiger partial charge is 0.871 e. The van der Waals surface area contributed by atoms with Crippen LogP contribution in [-0.2, 0) is 33.1 Å². The van der Waals surface area contributed by atoms with E-state index >= 15 is 0 Å². The minimum Gasteiger partial charge on any atom is -0.871 e. The average Bonchev–Trinajstić information content (AvgIpc) is 3.37. The Morgan fingerprint density at radius 2 is 1.08 bits per heavy atom. The number of carbonyl (C=O) groups excluding carboxylic acids is 1. The number of halogens is 2. The van der Waals surface area contributed by atoms with E-state index in [1.54, 1.807) is 111 Å². The van der Waals surface area contributed by atoms with Crippen molar-refractivity contribution in [3.05, 3.63) is 166 Å². The van der Waals surface area contributed by atoms with Gasteiger partial charge in [0.05, 0.1) is 41.2 Å². The van der Waals surface area contributed by atoms with Gasteiger partial charge in [0.1, 0.15) is 38.4 Å². The third-order valence-electron chi connectivity index (χ3n) is 11.2. The fourth-order valence-electron chi connectivity index (χ4n) is 7.61. The number of anilines is 1. The molecule has 0 aromatic heterocycles. The van der Waals surface area contributed by atoms with Gasteiger partial charge in [-0.05, 0) is 94.7 Å². The third-order valence-corrected chi connectivity index (χ3v) is 13.7. The molecule has 0 spiro atoms. The van der Waals surface area contributed by atoms with Crippen LogP contribution >= 0.6 is 23.2 Å². The SMILES string of the molecule is CCc1ccc(Cl)c(N=Nc2c(O)c(C(=O)Nc3cccc(OC)c3)cc3ccccc23)c1S(=O)(=O)O.CCc1ccc(Cl)c(N=Nc2c([O-])c(C([O-])=Nc3cccc(OC)c3)cc3ccccc23)c1S(=O)(=O)O.[Ca+2]. The summed E-state index contributed by atoms with van der Waals surface area (Å²) in [6.07, 6.45) is 0.545. The molecule has 0 bridgehead atoms. The number of methoxy groups -OCH3 is 2. The van der Waals surface area contributed by atoms with Gasteiger partial charge < -0.3 is 30.1 Å². The van der Waals surface area contributed by atoms with Gasteiger partial charge in [-0.1, -0.05) is 116 Å². The number of nitrogens with zero attached hydrogens (tertiary/aromatic N) is 5. The van der Waals surface area contributed by atoms with E-state index in [-0.39, 0.29) is 100 Å². The zero-order valence-corrected chi connectivity index (χ0v) is 45.5. The van der Waals surface area contributed by atoms with E-state index in [2.05, 4.69) is 30.8 Å². The first kappa shape index (κ1) is 57.6. The zero-order chi connectivity index (χ0) is 53.5. The van der Waals surface area contributed by atoms with Gasteiger partial charge in [-0.25, -0.2) is 0 Å². The second-order valence-electron chi connectivity index (χ2n) is 15.8. The van der Waals surface area contributed by atoms with Gasteiger partial charge in [0.2, 0.25) is 0 Å². The number of azo groups is 2. The molecule has 0 aliphatic carbocycles. The Morgan fingerprint density at radius 3 is 1.60 bits per heavy atom. The molecule has 0 saturated carbocycles. The molecule has 4 N–H and O–H groups in total. The van der Waals surface area contributed by atoms with Crippen LogP contribution in [0.1, 0.15) is 40.9 Å². The van der Waals surface area contributed by atoms with Crippen LogP contribution in [0.25, 0.3) is 21.5 Å². The number of aryl methyl sites for hydroxylation is 2. The fraction of sp³-hybridized carbons (Fsp3) is 0.115. The first-order chi connectivity index (χ1) is 35.3. The van der Waals surface area contributed by atoms with Crippen LogP contribution in [0, 0.1) is 0 Å². The summed E-state index contributed by atoms with van der Waals surface area (Å²) in [6, 6.07) is 35.5. The summed E-state index contributed by atoms with van der Waals surface area (Å²) in [6.45, 7) is 3.41. The molecular formula is C52H42CaCl2N6O12S2. The van der Waals surface area contributed by atoms with Crippen molar-refractivity contribution in [3.8, 4) is 23.0 Å². The minimum atomic E-state index is -4.71. The Bertz CT molecular complexity index is 3830. The molecule has 8 aromatic carbocycles. The van der Waals surface area contributed by atoms with Crippen LogP contribution in [0.2, 0.25) is 10.0 Å². The van der Waals surface area contributed by atoms with Crippen molar-refractivity contribution in [2.75, 3.05) is 19.5 Å². The molecule has 0 heterocycles. The second-order valence-corrected chi connectivity index (χ2v) is 19.3. The molecular weight excluding hydrogens is 1080 g/mol. The van der Waals surface area contributed by atoms with Gasteiger partial charge in [-0.3, -0.25) is 18.9 Å². The van der Waals surface area contributed by atoms with E-state index in [9.17, 15) is 46.1 Å². The Morgan fingerprint density at radius 1 is 0.613 bits per heavy atom. The summed E-state index contributed by atoms with van der Waals surface area (Å²) < 4.78 is 78.4. The number of phenolic OH excluding ortho intramolecular Hbond substituents is 1. The Labute approximate surface area is 470 Å². The van der Waals surface area contributed by atoms with Gasteiger partial charge in [0.25, 0.3) is 26.1 Å². The Hall–Kier alpha value is -6.72. The molecule has 0 saturated heterocycles. The molecule has 380 valence electrons. The Balaban J connectivity index is 0.000000241. The largest absolute Gasteiger partial charge is 2.00 e. The standard InChI is InChI=1S/2C26H22ClN3O6S.Ca/c2*1-3-15-11-12-21(27)23(25(15)37(33,34)35)30-29-22-19-10-5-4-7-16(19)13-20(24(22)31)26(32)28-17-8-6-9-18(14-17)36-2;/h2*4-14,31H,3H2,1-2H3,(H,28,32)(H,33,34,35);/q;;+2/p-2. The molecule has 75 heavy (non-hydrogen) atoms. The maximum absolute atomic E-state index is 13.4. The zero-order valence-electron chi connectivity index (χ0n) is 40.1. The number of phenols is 1. The number of aliphatic imine (C=N–C) groups is 1. The molecule has 0 aliphatic rings. The number of nitrogens with one attached hydrogen (secondary N) is 1. The number of ether oxygens (including phenoxy) is 2. The maximum Gasteiger partial charge on any atom is 2.00 e. The topological polar surface area (TPSA) is 284 Å². The number of carbonyl (C=O) groups is 1. The molecule has 23 heteroatoms. The van der Waals surface area contributed by atoms with E-state index in [1.807, 2.05) is 0 Å². The number of amides is 1. The number of aromatic hydroxyl groups is 1. The Kier molecular flexibility index (Phi) is 19.0. The maximum atomic E-state index is 13.4. The molecule has 1 amide bonds. The number of benzene rings is 8. The van der Waals surface area contributed by atoms with E-state index in [1.165, 1.54) is 50.6 Å². The van der Waals surface area contributed by atoms with Crippen molar-refractivity contribution in [1.29, 1.82) is 0 Å². The molecule has 0 unspecified atom stereocenters. The predicted molar refractivity (Wildman–Crippen MR) is 285 cm³/mol. The van der Waals surface area contributed by atoms with Gasteiger partial charge in [0, 0.05) is 28.6 Å². The average molecular weight is 1120 g/mol. The number of hydrogen-bond donors (Lipinski definition) is 4. The second kappa shape index (κ2) is 24.7. The first-order valence-electron chi connectivity index (χ1n) is 22.0. The van der Waals surface area contributed by atoms with E-state index in [4.69, 9.17) is 32.7 Å². The molecule has 18 nitrogen and oxygen atoms in total. The fourth-order valence-corrected chi connectivity index (χ4v) is 9.99. The third kappa shape index (κ3) is 13.2.